The van der Waals surface area contributed by atoms with Gasteiger partial charge in [0.25, 0.3) is 0 Å². The van der Waals surface area contributed by atoms with E-state index in [1.165, 1.54) is 31.6 Å². The van der Waals surface area contributed by atoms with Gasteiger partial charge in [-0.3, -0.25) is 0 Å². The van der Waals surface area contributed by atoms with Gasteiger partial charge in [0.05, 0.1) is 0 Å². The summed E-state index contributed by atoms with van der Waals surface area (Å²) in [5.41, 5.74) is 8.21. The maximum atomic E-state index is 5.99. The second kappa shape index (κ2) is 8.21. The first kappa shape index (κ1) is 16.0. The zero-order valence-corrected chi connectivity index (χ0v) is 13.0. The summed E-state index contributed by atoms with van der Waals surface area (Å²) in [5, 5.41) is 0. The first-order chi connectivity index (χ1) is 8.99. The summed E-state index contributed by atoms with van der Waals surface area (Å²) in [6.45, 7) is 12.7. The highest BCUT2D eigenvalue weighted by molar-refractivity contribution is 5.46. The molecule has 0 aliphatic heterocycles. The number of hydrogen-bond acceptors (Lipinski definition) is 2. The Balaban J connectivity index is 2.41. The van der Waals surface area contributed by atoms with E-state index >= 15 is 0 Å². The topological polar surface area (TPSA) is 29.3 Å². The van der Waals surface area contributed by atoms with Crippen LogP contribution in [-0.2, 0) is 6.42 Å². The Labute approximate surface area is 119 Å². The summed E-state index contributed by atoms with van der Waals surface area (Å²) < 4.78 is 0. The summed E-state index contributed by atoms with van der Waals surface area (Å²) >= 11 is 0. The largest absolute Gasteiger partial charge is 0.399 e. The molecule has 0 amide bonds. The van der Waals surface area contributed by atoms with Crippen LogP contribution in [-0.4, -0.2) is 24.5 Å². The minimum Gasteiger partial charge on any atom is -0.399 e. The van der Waals surface area contributed by atoms with Crippen LogP contribution in [0.2, 0.25) is 0 Å². The molecule has 0 unspecified atom stereocenters. The van der Waals surface area contributed by atoms with Crippen LogP contribution in [0.5, 0.6) is 0 Å². The summed E-state index contributed by atoms with van der Waals surface area (Å²) in [5.74, 6) is 1.47. The number of para-hydroxylation sites is 1. The normalized spacial score (nSPS) is 11.7. The number of anilines is 1. The molecule has 19 heavy (non-hydrogen) atoms. The molecule has 1 aromatic carbocycles. The summed E-state index contributed by atoms with van der Waals surface area (Å²) in [4.78, 5) is 2.59. The van der Waals surface area contributed by atoms with Crippen LogP contribution in [0.1, 0.15) is 39.7 Å². The van der Waals surface area contributed by atoms with Crippen molar-refractivity contribution in [2.24, 2.45) is 11.8 Å². The first-order valence-electron chi connectivity index (χ1n) is 7.54. The summed E-state index contributed by atoms with van der Waals surface area (Å²) in [7, 11) is 0. The fourth-order valence-corrected chi connectivity index (χ4v) is 2.54. The molecule has 2 nitrogen and oxygen atoms in total. The van der Waals surface area contributed by atoms with E-state index < -0.39 is 0 Å². The number of hydrogen-bond donors (Lipinski definition) is 1. The molecule has 0 heterocycles. The lowest BCUT2D eigenvalue weighted by molar-refractivity contribution is 0.217. The average Bonchev–Trinajstić information content (AvgIpc) is 2.30. The smallest absolute Gasteiger partial charge is 0.0346 e. The van der Waals surface area contributed by atoms with Crippen LogP contribution in [0.4, 0.5) is 5.69 Å². The van der Waals surface area contributed by atoms with Gasteiger partial charge >= 0.3 is 0 Å². The second-order valence-electron chi connectivity index (χ2n) is 6.35. The van der Waals surface area contributed by atoms with Crippen LogP contribution in [0.25, 0.3) is 0 Å². The zero-order valence-electron chi connectivity index (χ0n) is 13.0. The number of nitrogens with two attached hydrogens (primary N) is 1. The molecular formula is C17H30N2. The Morgan fingerprint density at radius 3 is 2.11 bits per heavy atom. The Bertz CT molecular complexity index is 348. The lowest BCUT2D eigenvalue weighted by atomic mass is 10.1. The number of rotatable bonds is 8. The molecule has 2 N–H and O–H groups in total. The zero-order chi connectivity index (χ0) is 14.3. The van der Waals surface area contributed by atoms with Crippen molar-refractivity contribution in [2.45, 2.75) is 40.5 Å². The first-order valence-corrected chi connectivity index (χ1v) is 7.54. The van der Waals surface area contributed by atoms with Gasteiger partial charge in [-0.15, -0.1) is 0 Å². The molecule has 2 heteroatoms. The van der Waals surface area contributed by atoms with Gasteiger partial charge in [0.15, 0.2) is 0 Å². The molecule has 0 fully saturated rings. The van der Waals surface area contributed by atoms with Gasteiger partial charge < -0.3 is 10.6 Å². The quantitative estimate of drug-likeness (QED) is 0.722. The van der Waals surface area contributed by atoms with Crippen LogP contribution < -0.4 is 5.73 Å². The third kappa shape index (κ3) is 6.63. The fraction of sp³-hybridized carbons (Fsp3) is 0.647. The van der Waals surface area contributed by atoms with E-state index in [1.807, 2.05) is 12.1 Å². The standard InChI is InChI=1S/C17H30N2/c1-14(2)12-19(13-15(3)4)11-7-9-16-8-5-6-10-17(16)18/h5-6,8,10,14-15H,7,9,11-13,18H2,1-4H3. The Kier molecular flexibility index (Phi) is 6.93. The highest BCUT2D eigenvalue weighted by Gasteiger charge is 2.09. The Morgan fingerprint density at radius 2 is 1.58 bits per heavy atom. The van der Waals surface area contributed by atoms with Gasteiger partial charge in [-0.25, -0.2) is 0 Å². The van der Waals surface area contributed by atoms with E-state index in [-0.39, 0.29) is 0 Å². The van der Waals surface area contributed by atoms with Crippen molar-refractivity contribution in [3.05, 3.63) is 29.8 Å². The molecule has 0 spiro atoms. The van der Waals surface area contributed by atoms with Crippen molar-refractivity contribution in [3.8, 4) is 0 Å². The third-order valence-corrected chi connectivity index (χ3v) is 3.22. The van der Waals surface area contributed by atoms with E-state index in [2.05, 4.69) is 44.7 Å². The molecule has 1 aromatic rings. The van der Waals surface area contributed by atoms with Crippen LogP contribution in [0.15, 0.2) is 24.3 Å². The van der Waals surface area contributed by atoms with E-state index in [0.29, 0.717) is 0 Å². The van der Waals surface area contributed by atoms with Crippen LogP contribution in [0.3, 0.4) is 0 Å². The molecule has 0 aromatic heterocycles. The molecule has 0 saturated heterocycles. The molecule has 0 saturated carbocycles. The molecule has 108 valence electrons. The predicted molar refractivity (Wildman–Crippen MR) is 85.3 cm³/mol. The van der Waals surface area contributed by atoms with Gasteiger partial charge in [0, 0.05) is 18.8 Å². The minimum absolute atomic E-state index is 0.737. The molecule has 0 atom stereocenters. The van der Waals surface area contributed by atoms with Gasteiger partial charge in [-0.05, 0) is 42.9 Å². The third-order valence-electron chi connectivity index (χ3n) is 3.22. The van der Waals surface area contributed by atoms with Crippen molar-refractivity contribution in [1.29, 1.82) is 0 Å². The van der Waals surface area contributed by atoms with Crippen molar-refractivity contribution < 1.29 is 0 Å². The predicted octanol–water partition coefficient (Wildman–Crippen LogP) is 3.82. The maximum absolute atomic E-state index is 5.99. The van der Waals surface area contributed by atoms with Gasteiger partial charge in [-0.2, -0.15) is 0 Å². The SMILES string of the molecule is CC(C)CN(CCCc1ccccc1N)CC(C)C. The molecular weight excluding hydrogens is 232 g/mol. The van der Waals surface area contributed by atoms with E-state index in [0.717, 1.165) is 23.9 Å². The van der Waals surface area contributed by atoms with Crippen LogP contribution in [0, 0.1) is 11.8 Å². The van der Waals surface area contributed by atoms with Crippen molar-refractivity contribution in [3.63, 3.8) is 0 Å². The fourth-order valence-electron chi connectivity index (χ4n) is 2.54. The van der Waals surface area contributed by atoms with Gasteiger partial charge in [0.1, 0.15) is 0 Å². The minimum atomic E-state index is 0.737. The highest BCUT2D eigenvalue weighted by Crippen LogP contribution is 2.13. The maximum Gasteiger partial charge on any atom is 0.0346 e. The monoisotopic (exact) mass is 262 g/mol. The molecule has 0 radical (unpaired) electrons. The molecule has 1 rings (SSSR count). The molecule has 0 bridgehead atoms. The molecule has 0 aliphatic carbocycles. The second-order valence-corrected chi connectivity index (χ2v) is 6.35. The van der Waals surface area contributed by atoms with Crippen molar-refractivity contribution in [2.75, 3.05) is 25.4 Å². The highest BCUT2D eigenvalue weighted by atomic mass is 15.1. The number of nitrogens with zero attached hydrogens (tertiary/aromatic N) is 1. The Morgan fingerprint density at radius 1 is 1.00 bits per heavy atom. The van der Waals surface area contributed by atoms with Gasteiger partial charge in [-0.1, -0.05) is 45.9 Å². The Hall–Kier alpha value is -1.02. The van der Waals surface area contributed by atoms with Crippen molar-refractivity contribution in [1.82, 2.24) is 4.90 Å². The summed E-state index contributed by atoms with van der Waals surface area (Å²) in [6.07, 6.45) is 2.27. The summed E-state index contributed by atoms with van der Waals surface area (Å²) in [6, 6.07) is 8.22. The number of nitrogen functional groups attached to an aromatic ring is 1. The number of benzene rings is 1. The molecule has 0 aliphatic rings. The van der Waals surface area contributed by atoms with E-state index in [9.17, 15) is 0 Å². The lowest BCUT2D eigenvalue weighted by Gasteiger charge is -2.26. The van der Waals surface area contributed by atoms with Crippen LogP contribution >= 0.6 is 0 Å². The van der Waals surface area contributed by atoms with E-state index in [4.69, 9.17) is 5.73 Å². The van der Waals surface area contributed by atoms with Gasteiger partial charge in [0.2, 0.25) is 0 Å². The van der Waals surface area contributed by atoms with Crippen molar-refractivity contribution >= 4 is 5.69 Å². The lowest BCUT2D eigenvalue weighted by Crippen LogP contribution is -2.32. The number of aryl methyl sites for hydroxylation is 1. The van der Waals surface area contributed by atoms with E-state index in [1.54, 1.807) is 0 Å². The average molecular weight is 262 g/mol.